The average Bonchev–Trinajstić information content (AvgIpc) is 2.98. The second kappa shape index (κ2) is 14.4. The summed E-state index contributed by atoms with van der Waals surface area (Å²) in [6.07, 6.45) is 3.45. The van der Waals surface area contributed by atoms with Crippen LogP contribution in [0.2, 0.25) is 0 Å². The molecule has 2 heterocycles. The maximum atomic E-state index is 13.4. The van der Waals surface area contributed by atoms with Crippen molar-refractivity contribution in [1.29, 1.82) is 0 Å². The molecule has 5 rings (SSSR count). The molecule has 0 unspecified atom stereocenters. The van der Waals surface area contributed by atoms with Crippen LogP contribution in [-0.4, -0.2) is 41.0 Å². The van der Waals surface area contributed by atoms with E-state index >= 15 is 0 Å². The van der Waals surface area contributed by atoms with Gasteiger partial charge in [-0.15, -0.1) is 12.4 Å². The molecule has 0 bridgehead atoms. The topological polar surface area (TPSA) is 86.8 Å². The van der Waals surface area contributed by atoms with E-state index in [1.165, 1.54) is 19.1 Å². The fourth-order valence-electron chi connectivity index (χ4n) is 4.89. The van der Waals surface area contributed by atoms with Crippen LogP contribution in [0.5, 0.6) is 11.6 Å². The summed E-state index contributed by atoms with van der Waals surface area (Å²) < 4.78 is 19.2. The Morgan fingerprint density at radius 1 is 0.905 bits per heavy atom. The van der Waals surface area contributed by atoms with Gasteiger partial charge in [-0.2, -0.15) is 0 Å². The Hall–Kier alpha value is -4.47. The van der Waals surface area contributed by atoms with E-state index in [1.807, 2.05) is 53.6 Å². The number of nitrogens with zero attached hydrogens (tertiary/aromatic N) is 3. The van der Waals surface area contributed by atoms with Crippen LogP contribution in [0.4, 0.5) is 26.2 Å². The molecule has 0 atom stereocenters. The van der Waals surface area contributed by atoms with Crippen LogP contribution >= 0.6 is 12.4 Å². The van der Waals surface area contributed by atoms with Crippen LogP contribution in [0.15, 0.2) is 97.2 Å². The molecule has 2 N–H and O–H groups in total. The molecule has 1 aromatic heterocycles. The van der Waals surface area contributed by atoms with Crippen LogP contribution in [0.25, 0.3) is 0 Å². The van der Waals surface area contributed by atoms with Gasteiger partial charge in [-0.3, -0.25) is 14.6 Å². The van der Waals surface area contributed by atoms with Gasteiger partial charge < -0.3 is 15.4 Å². The Morgan fingerprint density at radius 3 is 2.17 bits per heavy atom. The van der Waals surface area contributed by atoms with Crippen LogP contribution in [0.3, 0.4) is 0 Å². The number of halogens is 2. The van der Waals surface area contributed by atoms with Crippen molar-refractivity contribution in [2.24, 2.45) is 0 Å². The van der Waals surface area contributed by atoms with E-state index in [0.29, 0.717) is 23.0 Å². The lowest BCUT2D eigenvalue weighted by Crippen LogP contribution is -2.49. The lowest BCUT2D eigenvalue weighted by Gasteiger charge is -2.38. The molecule has 0 spiro atoms. The first-order chi connectivity index (χ1) is 19.9. The number of pyridine rings is 1. The van der Waals surface area contributed by atoms with Crippen molar-refractivity contribution in [1.82, 2.24) is 9.88 Å². The Labute approximate surface area is 250 Å². The number of carbonyl (C=O) groups is 2. The predicted molar refractivity (Wildman–Crippen MR) is 165 cm³/mol. The first kappa shape index (κ1) is 30.5. The number of rotatable bonds is 8. The normalized spacial score (nSPS) is 13.5. The van der Waals surface area contributed by atoms with Gasteiger partial charge in [0.1, 0.15) is 11.6 Å². The van der Waals surface area contributed by atoms with Crippen LogP contribution in [0, 0.1) is 5.82 Å². The summed E-state index contributed by atoms with van der Waals surface area (Å²) in [5.74, 6) is 0.654. The number of nitrogens with one attached hydrogen (secondary N) is 2. The first-order valence-electron chi connectivity index (χ1n) is 13.6. The molecule has 3 aromatic carbocycles. The molecule has 3 amide bonds. The van der Waals surface area contributed by atoms with E-state index in [0.717, 1.165) is 43.7 Å². The Kier molecular flexibility index (Phi) is 10.5. The number of amides is 3. The molecule has 8 nitrogen and oxygen atoms in total. The summed E-state index contributed by atoms with van der Waals surface area (Å²) in [5, 5.41) is 5.65. The molecular weight excluding hydrogens is 557 g/mol. The second-order valence-corrected chi connectivity index (χ2v) is 9.96. The lowest BCUT2D eigenvalue weighted by atomic mass is 10.0. The quantitative estimate of drug-likeness (QED) is 0.229. The SMILES string of the molecule is CC(=O)Nc1ccc(Oc2ccc(CN3CCC(N(C(=O)Nc4ccc(F)cc4)c4ccccc4)CC3)cn2)cc1.Cl. The van der Waals surface area contributed by atoms with E-state index in [4.69, 9.17) is 4.74 Å². The summed E-state index contributed by atoms with van der Waals surface area (Å²) in [4.78, 5) is 33.2. The Balaban J connectivity index is 0.00000405. The number of hydrogen-bond donors (Lipinski definition) is 2. The third kappa shape index (κ3) is 8.28. The maximum Gasteiger partial charge on any atom is 0.326 e. The second-order valence-electron chi connectivity index (χ2n) is 9.96. The molecule has 1 aliphatic rings. The molecule has 0 aliphatic carbocycles. The van der Waals surface area contributed by atoms with Gasteiger partial charge >= 0.3 is 6.03 Å². The number of ether oxygens (including phenoxy) is 1. The first-order valence-corrected chi connectivity index (χ1v) is 13.6. The lowest BCUT2D eigenvalue weighted by molar-refractivity contribution is -0.114. The van der Waals surface area contributed by atoms with E-state index in [1.54, 1.807) is 36.4 Å². The number of aromatic nitrogens is 1. The van der Waals surface area contributed by atoms with Gasteiger partial charge in [0, 0.05) is 61.9 Å². The molecule has 1 aliphatic heterocycles. The molecule has 0 radical (unpaired) electrons. The Bertz CT molecular complexity index is 1450. The monoisotopic (exact) mass is 589 g/mol. The third-order valence-electron chi connectivity index (χ3n) is 6.87. The van der Waals surface area contributed by atoms with Crippen molar-refractivity contribution in [3.63, 3.8) is 0 Å². The molecule has 218 valence electrons. The molecule has 0 saturated carbocycles. The van der Waals surface area contributed by atoms with Gasteiger partial charge in [0.05, 0.1) is 0 Å². The third-order valence-corrected chi connectivity index (χ3v) is 6.87. The average molecular weight is 590 g/mol. The number of anilines is 3. The van der Waals surface area contributed by atoms with Crippen molar-refractivity contribution < 1.29 is 18.7 Å². The number of para-hydroxylation sites is 1. The van der Waals surface area contributed by atoms with Gasteiger partial charge in [-0.1, -0.05) is 24.3 Å². The van der Waals surface area contributed by atoms with Crippen molar-refractivity contribution in [3.05, 3.63) is 109 Å². The molecular formula is C32H33ClFN5O3. The molecule has 1 fully saturated rings. The zero-order chi connectivity index (χ0) is 28.6. The number of carbonyl (C=O) groups excluding carboxylic acids is 2. The number of hydrogen-bond acceptors (Lipinski definition) is 5. The standard InChI is InChI=1S/C32H32FN5O3.ClH/c1-23(39)35-26-12-14-30(15-13-26)41-31-16-7-24(21-34-31)22-37-19-17-29(18-20-37)38(28-5-3-2-4-6-28)32(40)36-27-10-8-25(33)9-11-27;/h2-16,21,29H,17-20,22H2,1H3,(H,35,39)(H,36,40);1H. The highest BCUT2D eigenvalue weighted by Crippen LogP contribution is 2.26. The van der Waals surface area contributed by atoms with Crippen molar-refractivity contribution >= 4 is 41.4 Å². The van der Waals surface area contributed by atoms with Crippen molar-refractivity contribution in [2.45, 2.75) is 32.4 Å². The summed E-state index contributed by atoms with van der Waals surface area (Å²) >= 11 is 0. The smallest absolute Gasteiger partial charge is 0.326 e. The molecule has 4 aromatic rings. The largest absolute Gasteiger partial charge is 0.439 e. The van der Waals surface area contributed by atoms with E-state index < -0.39 is 0 Å². The van der Waals surface area contributed by atoms with E-state index in [-0.39, 0.29) is 36.2 Å². The van der Waals surface area contributed by atoms with Crippen molar-refractivity contribution in [2.75, 3.05) is 28.6 Å². The van der Waals surface area contributed by atoms with Gasteiger partial charge in [0.2, 0.25) is 11.8 Å². The van der Waals surface area contributed by atoms with Gasteiger partial charge in [-0.05, 0) is 79.1 Å². The highest BCUT2D eigenvalue weighted by Gasteiger charge is 2.29. The summed E-state index contributed by atoms with van der Waals surface area (Å²) in [7, 11) is 0. The van der Waals surface area contributed by atoms with E-state index in [2.05, 4.69) is 20.5 Å². The van der Waals surface area contributed by atoms with Gasteiger partial charge in [0.25, 0.3) is 0 Å². The fourth-order valence-corrected chi connectivity index (χ4v) is 4.89. The maximum absolute atomic E-state index is 13.4. The molecule has 42 heavy (non-hydrogen) atoms. The Morgan fingerprint density at radius 2 is 1.55 bits per heavy atom. The number of urea groups is 1. The fraction of sp³-hybridized carbons (Fsp3) is 0.219. The number of likely N-dealkylation sites (tertiary alicyclic amines) is 1. The van der Waals surface area contributed by atoms with Crippen molar-refractivity contribution in [3.8, 4) is 11.6 Å². The molecule has 10 heteroatoms. The zero-order valence-corrected chi connectivity index (χ0v) is 24.0. The zero-order valence-electron chi connectivity index (χ0n) is 23.2. The highest BCUT2D eigenvalue weighted by molar-refractivity contribution is 6.02. The summed E-state index contributed by atoms with van der Waals surface area (Å²) in [6, 6.07) is 26.2. The van der Waals surface area contributed by atoms with Gasteiger partial charge in [0.15, 0.2) is 0 Å². The van der Waals surface area contributed by atoms with Crippen LogP contribution in [0.1, 0.15) is 25.3 Å². The summed E-state index contributed by atoms with van der Waals surface area (Å²) in [6.45, 7) is 3.88. The minimum atomic E-state index is -0.345. The minimum absolute atomic E-state index is 0. The van der Waals surface area contributed by atoms with Gasteiger partial charge in [-0.25, -0.2) is 14.2 Å². The number of piperidine rings is 1. The minimum Gasteiger partial charge on any atom is -0.439 e. The van der Waals surface area contributed by atoms with Crippen LogP contribution < -0.4 is 20.3 Å². The highest BCUT2D eigenvalue weighted by atomic mass is 35.5. The predicted octanol–water partition coefficient (Wildman–Crippen LogP) is 7.10. The summed E-state index contributed by atoms with van der Waals surface area (Å²) in [5.41, 5.74) is 3.16. The number of benzene rings is 3. The van der Waals surface area contributed by atoms with Crippen LogP contribution in [-0.2, 0) is 11.3 Å². The molecule has 1 saturated heterocycles. The van der Waals surface area contributed by atoms with E-state index in [9.17, 15) is 14.0 Å².